The normalized spacial score (nSPS) is 17.8. The maximum Gasteiger partial charge on any atom is 0.268 e. The Bertz CT molecular complexity index is 699. The fourth-order valence-electron chi connectivity index (χ4n) is 3.23. The van der Waals surface area contributed by atoms with Crippen molar-refractivity contribution in [3.8, 4) is 0 Å². The van der Waals surface area contributed by atoms with Gasteiger partial charge in [0.05, 0.1) is 6.61 Å². The van der Waals surface area contributed by atoms with Gasteiger partial charge in [-0.1, -0.05) is 24.4 Å². The Morgan fingerprint density at radius 1 is 1.27 bits per heavy atom. The first-order valence-corrected chi connectivity index (χ1v) is 10.2. The largest absolute Gasteiger partial charge is 0.496 e. The molecule has 2 aliphatic rings. The second-order valence-electron chi connectivity index (χ2n) is 6.50. The Morgan fingerprint density at radius 2 is 1.96 bits per heavy atom. The number of carbonyl (C=O) groups is 2. The quantitative estimate of drug-likeness (QED) is 0.826. The summed E-state index contributed by atoms with van der Waals surface area (Å²) in [6, 6.07) is 7.17. The summed E-state index contributed by atoms with van der Waals surface area (Å²) >= 11 is 7.44. The van der Waals surface area contributed by atoms with Crippen molar-refractivity contribution in [3.63, 3.8) is 0 Å². The van der Waals surface area contributed by atoms with Crippen LogP contribution in [0.4, 0.5) is 5.69 Å². The van der Waals surface area contributed by atoms with E-state index in [1.54, 1.807) is 31.2 Å². The Balaban J connectivity index is 1.80. The zero-order valence-electron chi connectivity index (χ0n) is 14.8. The van der Waals surface area contributed by atoms with Crippen LogP contribution in [-0.4, -0.2) is 36.8 Å². The number of rotatable bonds is 5. The summed E-state index contributed by atoms with van der Waals surface area (Å²) in [5, 5.41) is 3.63. The van der Waals surface area contributed by atoms with Crippen LogP contribution in [0.25, 0.3) is 0 Å². The number of carbonyl (C=O) groups excluding carboxylic acids is 2. The molecule has 2 amide bonds. The molecule has 26 heavy (non-hydrogen) atoms. The van der Waals surface area contributed by atoms with Crippen molar-refractivity contribution in [1.29, 1.82) is 0 Å². The second-order valence-corrected chi connectivity index (χ2v) is 8.04. The van der Waals surface area contributed by atoms with Crippen LogP contribution in [0.15, 0.2) is 34.9 Å². The van der Waals surface area contributed by atoms with Gasteiger partial charge < -0.3 is 10.1 Å². The van der Waals surface area contributed by atoms with E-state index < -0.39 is 0 Å². The fourth-order valence-corrected chi connectivity index (χ4v) is 4.22. The Kier molecular flexibility index (Phi) is 6.48. The lowest BCUT2D eigenvalue weighted by Crippen LogP contribution is -2.44. The van der Waals surface area contributed by atoms with Gasteiger partial charge in [0, 0.05) is 22.5 Å². The number of nitrogens with one attached hydrogen (secondary N) is 1. The monoisotopic (exact) mass is 394 g/mol. The van der Waals surface area contributed by atoms with Crippen molar-refractivity contribution in [1.82, 2.24) is 5.32 Å². The van der Waals surface area contributed by atoms with E-state index >= 15 is 0 Å². The molecule has 1 heterocycles. The topological polar surface area (TPSA) is 58.6 Å². The number of hydrogen-bond donors (Lipinski definition) is 1. The van der Waals surface area contributed by atoms with Gasteiger partial charge >= 0.3 is 0 Å². The SMILES string of the molecule is CC1=C(C(=O)N(CC(=O)NC2CCCC2)c2ccc(Cl)cc2)SCCO1. The Hall–Kier alpha value is -1.66. The molecule has 1 saturated carbocycles. The van der Waals surface area contributed by atoms with Crippen LogP contribution < -0.4 is 10.2 Å². The minimum Gasteiger partial charge on any atom is -0.496 e. The molecule has 1 aliphatic heterocycles. The van der Waals surface area contributed by atoms with Crippen molar-refractivity contribution in [2.75, 3.05) is 23.8 Å². The molecule has 0 radical (unpaired) electrons. The van der Waals surface area contributed by atoms with Crippen molar-refractivity contribution in [2.45, 2.75) is 38.6 Å². The molecule has 0 bridgehead atoms. The molecule has 1 aromatic carbocycles. The maximum atomic E-state index is 13.1. The van der Waals surface area contributed by atoms with Crippen molar-refractivity contribution >= 4 is 40.9 Å². The van der Waals surface area contributed by atoms with Gasteiger partial charge in [-0.05, 0) is 44.0 Å². The predicted molar refractivity (Wildman–Crippen MR) is 105 cm³/mol. The van der Waals surface area contributed by atoms with Crippen molar-refractivity contribution in [2.24, 2.45) is 0 Å². The summed E-state index contributed by atoms with van der Waals surface area (Å²) in [5.74, 6) is 0.985. The highest BCUT2D eigenvalue weighted by Crippen LogP contribution is 2.29. The third-order valence-electron chi connectivity index (χ3n) is 4.57. The first kappa shape index (κ1) is 19.1. The number of amides is 2. The van der Waals surface area contributed by atoms with Crippen molar-refractivity contribution < 1.29 is 14.3 Å². The number of anilines is 1. The van der Waals surface area contributed by atoms with Gasteiger partial charge in [-0.3, -0.25) is 14.5 Å². The molecule has 1 fully saturated rings. The van der Waals surface area contributed by atoms with Gasteiger partial charge in [0.15, 0.2) is 0 Å². The molecule has 7 heteroatoms. The molecular weight excluding hydrogens is 372 g/mol. The first-order valence-electron chi connectivity index (χ1n) is 8.88. The zero-order valence-corrected chi connectivity index (χ0v) is 16.4. The van der Waals surface area contributed by atoms with E-state index in [2.05, 4.69) is 5.32 Å². The summed E-state index contributed by atoms with van der Waals surface area (Å²) in [6.07, 6.45) is 4.30. The standard InChI is InChI=1S/C19H23ClN2O3S/c1-13-18(26-11-10-25-13)19(24)22(16-8-6-14(20)7-9-16)12-17(23)21-15-4-2-3-5-15/h6-9,15H,2-5,10-12H2,1H3,(H,21,23). The van der Waals surface area contributed by atoms with Crippen LogP contribution in [0.3, 0.4) is 0 Å². The molecule has 1 N–H and O–H groups in total. The van der Waals surface area contributed by atoms with Crippen LogP contribution in [0, 0.1) is 0 Å². The van der Waals surface area contributed by atoms with E-state index in [0.717, 1.165) is 31.4 Å². The van der Waals surface area contributed by atoms with Crippen LogP contribution in [-0.2, 0) is 14.3 Å². The summed E-state index contributed by atoms with van der Waals surface area (Å²) in [5.41, 5.74) is 0.646. The number of benzene rings is 1. The van der Waals surface area contributed by atoms with Gasteiger partial charge in [0.25, 0.3) is 5.91 Å². The molecule has 3 rings (SSSR count). The molecule has 0 saturated heterocycles. The smallest absolute Gasteiger partial charge is 0.268 e. The second kappa shape index (κ2) is 8.82. The van der Waals surface area contributed by atoms with Gasteiger partial charge in [-0.2, -0.15) is 0 Å². The van der Waals surface area contributed by atoms with Crippen LogP contribution in [0.1, 0.15) is 32.6 Å². The summed E-state index contributed by atoms with van der Waals surface area (Å²) in [6.45, 7) is 2.36. The molecule has 0 atom stereocenters. The molecular formula is C19H23ClN2O3S. The molecule has 0 unspecified atom stereocenters. The average molecular weight is 395 g/mol. The van der Waals surface area contributed by atoms with Gasteiger partial charge in [0.1, 0.15) is 17.2 Å². The lowest BCUT2D eigenvalue weighted by atomic mass is 10.2. The van der Waals surface area contributed by atoms with E-state index in [1.165, 1.54) is 16.7 Å². The lowest BCUT2D eigenvalue weighted by molar-refractivity contribution is -0.122. The van der Waals surface area contributed by atoms with Crippen LogP contribution in [0.2, 0.25) is 5.02 Å². The van der Waals surface area contributed by atoms with Crippen LogP contribution in [0.5, 0.6) is 0 Å². The lowest BCUT2D eigenvalue weighted by Gasteiger charge is -2.26. The van der Waals surface area contributed by atoms with Crippen molar-refractivity contribution in [3.05, 3.63) is 40.0 Å². The third-order valence-corrected chi connectivity index (χ3v) is 5.94. The molecule has 5 nitrogen and oxygen atoms in total. The van der Waals surface area contributed by atoms with Crippen LogP contribution >= 0.6 is 23.4 Å². The average Bonchev–Trinajstić information content (AvgIpc) is 3.13. The van der Waals surface area contributed by atoms with E-state index in [-0.39, 0.29) is 24.4 Å². The number of halogens is 1. The van der Waals surface area contributed by atoms with E-state index in [4.69, 9.17) is 16.3 Å². The minimum absolute atomic E-state index is 0.0195. The minimum atomic E-state index is -0.212. The molecule has 140 valence electrons. The van der Waals surface area contributed by atoms with E-state index in [9.17, 15) is 9.59 Å². The first-order chi connectivity index (χ1) is 12.5. The molecule has 0 aromatic heterocycles. The van der Waals surface area contributed by atoms with E-state index in [1.807, 2.05) is 0 Å². The number of allylic oxidation sites excluding steroid dienone is 1. The molecule has 0 spiro atoms. The van der Waals surface area contributed by atoms with Gasteiger partial charge in [-0.15, -0.1) is 11.8 Å². The summed E-state index contributed by atoms with van der Waals surface area (Å²) < 4.78 is 5.52. The van der Waals surface area contributed by atoms with Gasteiger partial charge in [0.2, 0.25) is 5.91 Å². The zero-order chi connectivity index (χ0) is 18.5. The number of thioether (sulfide) groups is 1. The number of nitrogens with zero attached hydrogens (tertiary/aromatic N) is 1. The molecule has 1 aliphatic carbocycles. The maximum absolute atomic E-state index is 13.1. The molecule has 1 aromatic rings. The van der Waals surface area contributed by atoms with E-state index in [0.29, 0.717) is 28.0 Å². The highest BCUT2D eigenvalue weighted by Gasteiger charge is 2.28. The number of hydrogen-bond acceptors (Lipinski definition) is 4. The Morgan fingerprint density at radius 3 is 2.62 bits per heavy atom. The van der Waals surface area contributed by atoms with Gasteiger partial charge in [-0.25, -0.2) is 0 Å². The number of ether oxygens (including phenoxy) is 1. The predicted octanol–water partition coefficient (Wildman–Crippen LogP) is 3.73. The summed E-state index contributed by atoms with van der Waals surface area (Å²) in [4.78, 5) is 27.7. The Labute approximate surface area is 163 Å². The fraction of sp³-hybridized carbons (Fsp3) is 0.474. The highest BCUT2D eigenvalue weighted by molar-refractivity contribution is 8.04. The third kappa shape index (κ3) is 4.74. The highest BCUT2D eigenvalue weighted by atomic mass is 35.5. The summed E-state index contributed by atoms with van der Waals surface area (Å²) in [7, 11) is 0.